The van der Waals surface area contributed by atoms with Gasteiger partial charge in [0.05, 0.1) is 22.1 Å². The molecular formula is C48H27N3S. The second kappa shape index (κ2) is 10.5. The van der Waals surface area contributed by atoms with E-state index in [0.717, 1.165) is 39.1 Å². The maximum absolute atomic E-state index is 5.51. The van der Waals surface area contributed by atoms with E-state index in [0.29, 0.717) is 0 Å². The van der Waals surface area contributed by atoms with Gasteiger partial charge in [0.2, 0.25) is 0 Å². The van der Waals surface area contributed by atoms with E-state index in [1.54, 1.807) is 0 Å². The van der Waals surface area contributed by atoms with Crippen molar-refractivity contribution in [1.82, 2.24) is 14.5 Å². The van der Waals surface area contributed by atoms with Gasteiger partial charge < -0.3 is 0 Å². The van der Waals surface area contributed by atoms with Crippen molar-refractivity contribution in [2.24, 2.45) is 0 Å². The van der Waals surface area contributed by atoms with E-state index in [9.17, 15) is 0 Å². The van der Waals surface area contributed by atoms with Crippen LogP contribution >= 0.6 is 11.3 Å². The van der Waals surface area contributed by atoms with Crippen molar-refractivity contribution in [2.45, 2.75) is 0 Å². The lowest BCUT2D eigenvalue weighted by atomic mass is 9.90. The minimum atomic E-state index is 0.844. The monoisotopic (exact) mass is 677 g/mol. The Balaban J connectivity index is 1.25. The van der Waals surface area contributed by atoms with Crippen LogP contribution in [-0.2, 0) is 0 Å². The van der Waals surface area contributed by atoms with Gasteiger partial charge in [0.25, 0.3) is 0 Å². The third kappa shape index (κ3) is 3.79. The van der Waals surface area contributed by atoms with E-state index < -0.39 is 0 Å². The highest BCUT2D eigenvalue weighted by Gasteiger charge is 2.27. The van der Waals surface area contributed by atoms with E-state index in [-0.39, 0.29) is 0 Å². The molecule has 8 aromatic carbocycles. The molecule has 0 radical (unpaired) electrons. The van der Waals surface area contributed by atoms with Crippen LogP contribution in [0.5, 0.6) is 0 Å². The molecule has 11 aromatic rings. The van der Waals surface area contributed by atoms with Crippen LogP contribution in [0.1, 0.15) is 0 Å². The molecule has 0 aliphatic heterocycles. The topological polar surface area (TPSA) is 30.7 Å². The molecule has 1 aliphatic rings. The van der Waals surface area contributed by atoms with Crippen LogP contribution in [0.2, 0.25) is 0 Å². The summed E-state index contributed by atoms with van der Waals surface area (Å²) in [6.07, 6.45) is 0. The van der Waals surface area contributed by atoms with E-state index >= 15 is 0 Å². The Bertz CT molecular complexity index is 3300. The summed E-state index contributed by atoms with van der Waals surface area (Å²) >= 11 is 1.83. The predicted molar refractivity (Wildman–Crippen MR) is 220 cm³/mol. The average Bonchev–Trinajstić information content (AvgIpc) is 3.72. The summed E-state index contributed by atoms with van der Waals surface area (Å²) in [5, 5.41) is 7.54. The number of fused-ring (bicyclic) bond motifs is 7. The van der Waals surface area contributed by atoms with E-state index in [4.69, 9.17) is 9.97 Å². The number of hydrogen-bond donors (Lipinski definition) is 0. The van der Waals surface area contributed by atoms with Crippen LogP contribution in [0.25, 0.3) is 114 Å². The fourth-order valence-electron chi connectivity index (χ4n) is 8.69. The number of hydrogen-bond acceptors (Lipinski definition) is 3. The molecule has 0 spiro atoms. The van der Waals surface area contributed by atoms with E-state index in [1.165, 1.54) is 75.1 Å². The lowest BCUT2D eigenvalue weighted by molar-refractivity contribution is 1.08. The Morgan fingerprint density at radius 3 is 1.98 bits per heavy atom. The Morgan fingerprint density at radius 2 is 1.10 bits per heavy atom. The second-order valence-corrected chi connectivity index (χ2v) is 14.7. The van der Waals surface area contributed by atoms with Gasteiger partial charge in [-0.15, -0.1) is 11.3 Å². The maximum atomic E-state index is 5.51. The van der Waals surface area contributed by atoms with Crippen molar-refractivity contribution in [3.8, 4) is 50.5 Å². The summed E-state index contributed by atoms with van der Waals surface area (Å²) in [7, 11) is 0. The molecule has 0 saturated carbocycles. The van der Waals surface area contributed by atoms with Gasteiger partial charge in [-0.05, 0) is 86.6 Å². The highest BCUT2D eigenvalue weighted by molar-refractivity contribution is 7.26. The number of aromatic nitrogens is 3. The maximum Gasteiger partial charge on any atom is 0.165 e. The van der Waals surface area contributed by atoms with Gasteiger partial charge in [0, 0.05) is 36.5 Å². The first-order valence-corrected chi connectivity index (χ1v) is 18.5. The van der Waals surface area contributed by atoms with Crippen LogP contribution in [-0.4, -0.2) is 14.5 Å². The highest BCUT2D eigenvalue weighted by Crippen LogP contribution is 2.51. The van der Waals surface area contributed by atoms with E-state index in [2.05, 4.69) is 162 Å². The zero-order valence-corrected chi connectivity index (χ0v) is 28.7. The van der Waals surface area contributed by atoms with Gasteiger partial charge in [-0.1, -0.05) is 121 Å². The number of thiophene rings is 1. The zero-order valence-electron chi connectivity index (χ0n) is 27.8. The molecule has 3 nitrogen and oxygen atoms in total. The van der Waals surface area contributed by atoms with Crippen molar-refractivity contribution in [1.29, 1.82) is 0 Å². The molecule has 0 N–H and O–H groups in total. The van der Waals surface area contributed by atoms with Crippen LogP contribution in [0.4, 0.5) is 0 Å². The van der Waals surface area contributed by atoms with Crippen molar-refractivity contribution in [3.63, 3.8) is 0 Å². The SMILES string of the molecule is c1ccc(-c2cc3c4c(ccc5c4c4c(cccc4n5-c4nc5ccccc5nc4-c4cccc5c4sc4ccccc45)-c4ccccc4-3)c2)cc1. The Kier molecular flexibility index (Phi) is 5.65. The summed E-state index contributed by atoms with van der Waals surface area (Å²) in [5.74, 6) is 0.844. The molecule has 52 heavy (non-hydrogen) atoms. The van der Waals surface area contributed by atoms with Crippen molar-refractivity contribution in [3.05, 3.63) is 164 Å². The zero-order chi connectivity index (χ0) is 33.9. The number of para-hydroxylation sites is 2. The first-order valence-electron chi connectivity index (χ1n) is 17.7. The molecule has 0 saturated heterocycles. The highest BCUT2D eigenvalue weighted by atomic mass is 32.1. The number of nitrogens with zero attached hydrogens (tertiary/aromatic N) is 3. The molecular weight excluding hydrogens is 651 g/mol. The van der Waals surface area contributed by atoms with Gasteiger partial charge in [0.15, 0.2) is 5.82 Å². The molecule has 3 aromatic heterocycles. The lowest BCUT2D eigenvalue weighted by Crippen LogP contribution is -2.04. The third-order valence-corrected chi connectivity index (χ3v) is 12.1. The fraction of sp³-hybridized carbons (Fsp3) is 0. The van der Waals surface area contributed by atoms with Crippen molar-refractivity contribution < 1.29 is 0 Å². The van der Waals surface area contributed by atoms with Gasteiger partial charge in [-0.2, -0.15) is 0 Å². The first-order chi connectivity index (χ1) is 25.8. The minimum Gasteiger partial charge on any atom is -0.292 e. The molecule has 0 bridgehead atoms. The quantitative estimate of drug-likeness (QED) is 0.186. The Hall–Kier alpha value is -6.62. The summed E-state index contributed by atoms with van der Waals surface area (Å²) in [6.45, 7) is 0. The molecule has 0 atom stereocenters. The van der Waals surface area contributed by atoms with E-state index in [1.807, 2.05) is 17.4 Å². The fourth-order valence-corrected chi connectivity index (χ4v) is 9.91. The molecule has 1 aliphatic carbocycles. The summed E-state index contributed by atoms with van der Waals surface area (Å²) < 4.78 is 4.89. The van der Waals surface area contributed by atoms with Crippen LogP contribution in [0.3, 0.4) is 0 Å². The standard InChI is InChI=1S/C48H27N3S/c1-2-12-28(13-3-1)30-26-29-24-25-41-45-43(29)37(27-30)32-15-5-4-14-31(32)34-17-11-22-40(44(34)45)51(41)48-46(49-38-20-7-8-21-39(38)50-48)36-19-10-18-35-33-16-6-9-23-42(33)52-47(35)36/h1-27H. The van der Waals surface area contributed by atoms with Crippen molar-refractivity contribution >= 4 is 75.1 Å². The lowest BCUT2D eigenvalue weighted by Gasteiger charge is -2.17. The summed E-state index contributed by atoms with van der Waals surface area (Å²) in [4.78, 5) is 11.0. The van der Waals surface area contributed by atoms with Crippen LogP contribution in [0, 0.1) is 0 Å². The molecule has 0 unspecified atom stereocenters. The molecule has 0 fully saturated rings. The number of rotatable bonds is 3. The predicted octanol–water partition coefficient (Wildman–Crippen LogP) is 13.2. The largest absolute Gasteiger partial charge is 0.292 e. The minimum absolute atomic E-state index is 0.844. The smallest absolute Gasteiger partial charge is 0.165 e. The van der Waals surface area contributed by atoms with Crippen LogP contribution < -0.4 is 0 Å². The van der Waals surface area contributed by atoms with Gasteiger partial charge in [0.1, 0.15) is 5.69 Å². The Morgan fingerprint density at radius 1 is 0.423 bits per heavy atom. The van der Waals surface area contributed by atoms with Gasteiger partial charge in [-0.3, -0.25) is 4.57 Å². The Labute approximate surface area is 302 Å². The summed E-state index contributed by atoms with van der Waals surface area (Å²) in [5.41, 5.74) is 13.4. The molecule has 3 heterocycles. The average molecular weight is 678 g/mol. The third-order valence-electron chi connectivity index (χ3n) is 10.9. The van der Waals surface area contributed by atoms with Gasteiger partial charge in [-0.25, -0.2) is 9.97 Å². The van der Waals surface area contributed by atoms with Crippen molar-refractivity contribution in [2.75, 3.05) is 0 Å². The van der Waals surface area contributed by atoms with Gasteiger partial charge >= 0.3 is 0 Å². The molecule has 240 valence electrons. The molecule has 4 heteroatoms. The van der Waals surface area contributed by atoms with Crippen LogP contribution in [0.15, 0.2) is 164 Å². The molecule has 12 rings (SSSR count). The summed E-state index contributed by atoms with van der Waals surface area (Å²) in [6, 6.07) is 59.3. The normalized spacial score (nSPS) is 12.2. The molecule has 0 amide bonds. The number of benzene rings is 8. The second-order valence-electron chi connectivity index (χ2n) is 13.7. The first kappa shape index (κ1) is 28.1.